The highest BCUT2D eigenvalue weighted by Gasteiger charge is 2.41. The maximum Gasteiger partial charge on any atom is 0.258 e. The summed E-state index contributed by atoms with van der Waals surface area (Å²) in [5.41, 5.74) is 6.26. The lowest BCUT2D eigenvalue weighted by Crippen LogP contribution is -2.31. The molecule has 0 saturated heterocycles. The molecule has 1 aromatic carbocycles. The molecule has 3 aliphatic heterocycles. The molecule has 6 heteroatoms. The average Bonchev–Trinajstić information content (AvgIpc) is 3.25. The summed E-state index contributed by atoms with van der Waals surface area (Å²) >= 11 is 1.90. The average molecular weight is 384 g/mol. The summed E-state index contributed by atoms with van der Waals surface area (Å²) in [4.78, 5) is 15.4. The normalized spacial score (nSPS) is 22.9. The van der Waals surface area contributed by atoms with E-state index in [4.69, 9.17) is 5.41 Å². The molecule has 4 heterocycles. The van der Waals surface area contributed by atoms with Crippen LogP contribution in [-0.4, -0.2) is 28.2 Å². The summed E-state index contributed by atoms with van der Waals surface area (Å²) in [5, 5.41) is 14.7. The summed E-state index contributed by atoms with van der Waals surface area (Å²) in [6, 6.07) is 0.172. The van der Waals surface area contributed by atoms with Gasteiger partial charge in [0.15, 0.2) is 0 Å². The molecule has 2 N–H and O–H groups in total. The molecule has 2 aromatic rings. The molecule has 0 fully saturated rings. The van der Waals surface area contributed by atoms with Crippen LogP contribution in [-0.2, 0) is 12.3 Å². The Morgan fingerprint density at radius 2 is 2.11 bits per heavy atom. The smallest absolute Gasteiger partial charge is 0.258 e. The van der Waals surface area contributed by atoms with Crippen molar-refractivity contribution in [2.45, 2.75) is 18.3 Å². The van der Waals surface area contributed by atoms with Crippen LogP contribution in [0.1, 0.15) is 21.5 Å². The first-order valence-electron chi connectivity index (χ1n) is 9.47. The van der Waals surface area contributed by atoms with Gasteiger partial charge in [0, 0.05) is 21.5 Å². The second kappa shape index (κ2) is 4.89. The molecule has 2 aliphatic carbocycles. The summed E-state index contributed by atoms with van der Waals surface area (Å²) < 4.78 is 2.39. The Hall–Kier alpha value is -2.99. The van der Waals surface area contributed by atoms with E-state index in [2.05, 4.69) is 57.3 Å². The first kappa shape index (κ1) is 15.0. The molecular formula is C22H16N4OS. The van der Waals surface area contributed by atoms with E-state index in [9.17, 15) is 4.79 Å². The lowest BCUT2D eigenvalue weighted by atomic mass is 9.93. The number of hydrogen-bond donors (Lipinski definition) is 2. The van der Waals surface area contributed by atoms with Crippen LogP contribution >= 0.6 is 11.8 Å². The van der Waals surface area contributed by atoms with Crippen LogP contribution in [0.15, 0.2) is 36.5 Å². The number of aromatic nitrogens is 1. The van der Waals surface area contributed by atoms with E-state index in [1.165, 1.54) is 22.2 Å². The van der Waals surface area contributed by atoms with Crippen molar-refractivity contribution in [2.24, 2.45) is 0 Å². The third-order valence-electron chi connectivity index (χ3n) is 6.41. The molecule has 28 heavy (non-hydrogen) atoms. The number of carbonyl (C=O) groups excluding carboxylic acids is 1. The number of amidine groups is 1. The Labute approximate surface area is 164 Å². The Bertz CT molecular complexity index is 1390. The third-order valence-corrected chi connectivity index (χ3v) is 7.31. The van der Waals surface area contributed by atoms with Crippen LogP contribution in [0.25, 0.3) is 22.6 Å². The van der Waals surface area contributed by atoms with Gasteiger partial charge in [0.05, 0.1) is 34.6 Å². The summed E-state index contributed by atoms with van der Waals surface area (Å²) in [5.74, 6) is 1.87. The van der Waals surface area contributed by atoms with Crippen molar-refractivity contribution < 1.29 is 4.79 Å². The zero-order valence-corrected chi connectivity index (χ0v) is 15.8. The van der Waals surface area contributed by atoms with Crippen molar-refractivity contribution >= 4 is 51.7 Å². The van der Waals surface area contributed by atoms with E-state index in [1.54, 1.807) is 0 Å². The van der Waals surface area contributed by atoms with E-state index >= 15 is 0 Å². The molecule has 0 bridgehead atoms. The van der Waals surface area contributed by atoms with Gasteiger partial charge in [-0.15, -0.1) is 11.8 Å². The summed E-state index contributed by atoms with van der Waals surface area (Å²) in [7, 11) is 0. The van der Waals surface area contributed by atoms with Gasteiger partial charge >= 0.3 is 0 Å². The summed E-state index contributed by atoms with van der Waals surface area (Å²) in [6.45, 7) is 0. The number of allylic oxidation sites excluding steroid dienone is 4. The van der Waals surface area contributed by atoms with Gasteiger partial charge in [-0.1, -0.05) is 36.5 Å². The molecule has 7 rings (SSSR count). The Balaban J connectivity index is 1.82. The largest absolute Gasteiger partial charge is 0.349 e. The number of rotatable bonds is 0. The van der Waals surface area contributed by atoms with Gasteiger partial charge in [-0.2, -0.15) is 0 Å². The number of carbonyl (C=O) groups is 1. The Kier molecular flexibility index (Phi) is 2.62. The second-order valence-corrected chi connectivity index (χ2v) is 8.62. The number of fused-ring (bicyclic) bond motifs is 8. The molecule has 136 valence electrons. The first-order chi connectivity index (χ1) is 13.8. The predicted molar refractivity (Wildman–Crippen MR) is 113 cm³/mol. The minimum atomic E-state index is -0.139. The van der Waals surface area contributed by atoms with Gasteiger partial charge in [-0.3, -0.25) is 10.2 Å². The van der Waals surface area contributed by atoms with E-state index < -0.39 is 0 Å². The lowest BCUT2D eigenvalue weighted by molar-refractivity contribution is 0.0984. The summed E-state index contributed by atoms with van der Waals surface area (Å²) in [6.07, 6.45) is 15.8. The molecular weight excluding hydrogens is 368 g/mol. The van der Waals surface area contributed by atoms with Crippen LogP contribution in [0.4, 0.5) is 5.69 Å². The predicted octanol–water partition coefficient (Wildman–Crippen LogP) is 1.73. The standard InChI is InChI=1S/C22H16N4OS/c23-21-17-15-11-5-1-3-7-13(11)25-9-28-10-26-14-8-4-2-6-12(14)16(20(26)19(15)25)18(17)22(27)24-21/h1-5,7-8,13H,6,9-10H2,(H2,23,24,27). The maximum atomic E-state index is 13.0. The number of benzene rings is 1. The third kappa shape index (κ3) is 1.54. The first-order valence-corrected chi connectivity index (χ1v) is 10.6. The molecule has 1 amide bonds. The zero-order chi connectivity index (χ0) is 18.6. The van der Waals surface area contributed by atoms with Crippen LogP contribution < -0.4 is 20.8 Å². The molecule has 1 aromatic heterocycles. The molecule has 1 atom stereocenters. The minimum absolute atomic E-state index is 0.139. The van der Waals surface area contributed by atoms with Crippen molar-refractivity contribution in [3.63, 3.8) is 0 Å². The number of hydrogen-bond acceptors (Lipinski definition) is 4. The number of nitrogens with zero attached hydrogens (tertiary/aromatic N) is 2. The molecule has 0 spiro atoms. The van der Waals surface area contributed by atoms with Crippen LogP contribution in [0.3, 0.4) is 0 Å². The van der Waals surface area contributed by atoms with Crippen molar-refractivity contribution in [1.29, 1.82) is 5.41 Å². The highest BCUT2D eigenvalue weighted by Crippen LogP contribution is 2.42. The fourth-order valence-corrected chi connectivity index (χ4v) is 6.41. The maximum absolute atomic E-state index is 13.0. The monoisotopic (exact) mass is 384 g/mol. The van der Waals surface area contributed by atoms with Crippen molar-refractivity contribution in [1.82, 2.24) is 9.88 Å². The van der Waals surface area contributed by atoms with Crippen LogP contribution in [0.5, 0.6) is 0 Å². The topological polar surface area (TPSA) is 61.1 Å². The van der Waals surface area contributed by atoms with Crippen molar-refractivity contribution in [3.8, 4) is 0 Å². The number of amides is 1. The van der Waals surface area contributed by atoms with Gasteiger partial charge < -0.3 is 14.8 Å². The van der Waals surface area contributed by atoms with Gasteiger partial charge in [0.25, 0.3) is 5.91 Å². The highest BCUT2D eigenvalue weighted by molar-refractivity contribution is 7.98. The van der Waals surface area contributed by atoms with E-state index in [-0.39, 0.29) is 17.8 Å². The molecule has 5 nitrogen and oxygen atoms in total. The molecule has 0 saturated carbocycles. The molecule has 1 unspecified atom stereocenters. The Morgan fingerprint density at radius 1 is 1.18 bits per heavy atom. The fraction of sp³-hybridized carbons (Fsp3) is 0.182. The minimum Gasteiger partial charge on any atom is -0.349 e. The number of anilines is 1. The zero-order valence-electron chi connectivity index (χ0n) is 15.0. The van der Waals surface area contributed by atoms with Gasteiger partial charge in [0.2, 0.25) is 0 Å². The Morgan fingerprint density at radius 3 is 3.04 bits per heavy atom. The van der Waals surface area contributed by atoms with Crippen molar-refractivity contribution in [2.75, 3.05) is 10.8 Å². The highest BCUT2D eigenvalue weighted by atomic mass is 32.2. The molecule has 5 aliphatic rings. The van der Waals surface area contributed by atoms with E-state index in [0.29, 0.717) is 5.56 Å². The van der Waals surface area contributed by atoms with E-state index in [0.717, 1.165) is 39.9 Å². The van der Waals surface area contributed by atoms with Gasteiger partial charge in [-0.05, 0) is 23.6 Å². The van der Waals surface area contributed by atoms with Crippen LogP contribution in [0.2, 0.25) is 0 Å². The van der Waals surface area contributed by atoms with Gasteiger partial charge in [-0.25, -0.2) is 0 Å². The van der Waals surface area contributed by atoms with Gasteiger partial charge in [0.1, 0.15) is 5.84 Å². The molecule has 0 radical (unpaired) electrons. The van der Waals surface area contributed by atoms with E-state index in [1.807, 2.05) is 11.8 Å². The number of thioether (sulfide) groups is 1. The van der Waals surface area contributed by atoms with Crippen LogP contribution in [0, 0.1) is 5.41 Å². The second-order valence-electron chi connectivity index (χ2n) is 7.69. The fourth-order valence-electron chi connectivity index (χ4n) is 5.39. The quantitative estimate of drug-likeness (QED) is 0.727. The SMILES string of the molecule is N=C1NC(=O)c2c1c1c3c4c2c2c(n4CSCN3C3C=CC=CC=13)=CC=CC2. The van der Waals surface area contributed by atoms with Crippen molar-refractivity contribution in [3.05, 3.63) is 63.7 Å². The lowest BCUT2D eigenvalue weighted by Gasteiger charge is -2.27. The number of nitrogens with one attached hydrogen (secondary N) is 2.